The molecule has 162 valence electrons. The molecule has 0 saturated carbocycles. The molecule has 3 N–H and O–H groups in total. The van der Waals surface area contributed by atoms with Crippen molar-refractivity contribution in [1.29, 1.82) is 0 Å². The molecule has 0 radical (unpaired) electrons. The Kier molecular flexibility index (Phi) is 6.57. The topological polar surface area (TPSA) is 115 Å². The minimum atomic E-state index is -3.60. The smallest absolute Gasteiger partial charge is 0.236 e. The molecule has 30 heavy (non-hydrogen) atoms. The minimum Gasteiger partial charge on any atom is -0.496 e. The van der Waals surface area contributed by atoms with Gasteiger partial charge in [-0.2, -0.15) is 0 Å². The molecular formula is C20H25FN4O4S. The quantitative estimate of drug-likeness (QED) is 0.638. The van der Waals surface area contributed by atoms with Crippen LogP contribution in [-0.2, 0) is 10.0 Å². The predicted molar refractivity (Wildman–Crippen MR) is 113 cm³/mol. The first-order valence-corrected chi connectivity index (χ1v) is 11.3. The summed E-state index contributed by atoms with van der Waals surface area (Å²) in [6.45, 7) is 2.97. The van der Waals surface area contributed by atoms with E-state index in [0.717, 1.165) is 6.07 Å². The Balaban J connectivity index is 2.01. The number of ketones is 1. The van der Waals surface area contributed by atoms with Crippen LogP contribution < -0.4 is 20.1 Å². The number of methoxy groups -OCH3 is 1. The second kappa shape index (κ2) is 8.97. The number of hydrogen-bond donors (Lipinski definition) is 2. The number of hydrogen-bond acceptors (Lipinski definition) is 7. The summed E-state index contributed by atoms with van der Waals surface area (Å²) >= 11 is 0. The maximum atomic E-state index is 13.7. The van der Waals surface area contributed by atoms with Gasteiger partial charge in [0.2, 0.25) is 15.8 Å². The maximum absolute atomic E-state index is 13.7. The molecule has 0 bridgehead atoms. The van der Waals surface area contributed by atoms with Crippen LogP contribution >= 0.6 is 0 Å². The van der Waals surface area contributed by atoms with Crippen LogP contribution in [0.15, 0.2) is 30.3 Å². The van der Waals surface area contributed by atoms with Gasteiger partial charge in [0.1, 0.15) is 23.2 Å². The number of piperidine rings is 1. The summed E-state index contributed by atoms with van der Waals surface area (Å²) in [5, 5.41) is 3.21. The second-order valence-corrected chi connectivity index (χ2v) is 9.09. The van der Waals surface area contributed by atoms with Crippen molar-refractivity contribution in [3.05, 3.63) is 47.3 Å². The average molecular weight is 437 g/mol. The number of rotatable bonds is 7. The van der Waals surface area contributed by atoms with Crippen LogP contribution in [0.4, 0.5) is 16.0 Å². The molecule has 8 nitrogen and oxygen atoms in total. The van der Waals surface area contributed by atoms with Crippen molar-refractivity contribution in [1.82, 2.24) is 10.3 Å². The van der Waals surface area contributed by atoms with Gasteiger partial charge >= 0.3 is 0 Å². The molecule has 1 aliphatic heterocycles. The Labute approximate surface area is 175 Å². The van der Waals surface area contributed by atoms with E-state index in [1.165, 1.54) is 35.7 Å². The van der Waals surface area contributed by atoms with Crippen molar-refractivity contribution >= 4 is 27.4 Å². The molecule has 1 aromatic heterocycles. The van der Waals surface area contributed by atoms with Gasteiger partial charge in [-0.1, -0.05) is 0 Å². The molecule has 1 saturated heterocycles. The number of nitrogens with one attached hydrogen (secondary N) is 1. The number of ether oxygens (including phenoxy) is 1. The van der Waals surface area contributed by atoms with Gasteiger partial charge in [0.05, 0.1) is 24.0 Å². The van der Waals surface area contributed by atoms with E-state index in [2.05, 4.69) is 10.3 Å². The summed E-state index contributed by atoms with van der Waals surface area (Å²) in [7, 11) is -2.22. The van der Waals surface area contributed by atoms with Crippen molar-refractivity contribution < 1.29 is 22.3 Å². The number of carbonyl (C=O) groups is 1. The fraction of sp³-hybridized carbons (Fsp3) is 0.400. The van der Waals surface area contributed by atoms with Gasteiger partial charge in [-0.3, -0.25) is 9.10 Å². The maximum Gasteiger partial charge on any atom is 0.236 e. The van der Waals surface area contributed by atoms with Crippen LogP contribution in [0.3, 0.4) is 0 Å². The second-order valence-electron chi connectivity index (χ2n) is 6.95. The Bertz CT molecular complexity index is 1040. The number of benzene rings is 1. The predicted octanol–water partition coefficient (Wildman–Crippen LogP) is 1.95. The van der Waals surface area contributed by atoms with Crippen molar-refractivity contribution in [2.45, 2.75) is 25.8 Å². The highest BCUT2D eigenvalue weighted by Crippen LogP contribution is 2.29. The Hall–Kier alpha value is -2.72. The zero-order chi connectivity index (χ0) is 21.9. The van der Waals surface area contributed by atoms with Gasteiger partial charge in [0.15, 0.2) is 0 Å². The Morgan fingerprint density at radius 3 is 2.57 bits per heavy atom. The third kappa shape index (κ3) is 4.39. The van der Waals surface area contributed by atoms with E-state index in [1.807, 2.05) is 0 Å². The van der Waals surface area contributed by atoms with E-state index >= 15 is 0 Å². The lowest BCUT2D eigenvalue weighted by Gasteiger charge is -2.34. The van der Waals surface area contributed by atoms with E-state index in [9.17, 15) is 17.6 Å². The SMILES string of the molecule is CCS(=O)(=O)N(c1ccc(C(=O)c2cc(F)ccc2OC)c(N)n1)C1CCNCC1. The Morgan fingerprint density at radius 2 is 1.97 bits per heavy atom. The minimum absolute atomic E-state index is 0.00939. The number of aromatic nitrogens is 1. The van der Waals surface area contributed by atoms with Gasteiger partial charge in [0, 0.05) is 6.04 Å². The molecule has 0 unspecified atom stereocenters. The van der Waals surface area contributed by atoms with Crippen molar-refractivity contribution in [2.75, 3.05) is 36.0 Å². The molecule has 10 heteroatoms. The van der Waals surface area contributed by atoms with E-state index in [0.29, 0.717) is 25.9 Å². The first-order chi connectivity index (χ1) is 14.3. The van der Waals surface area contributed by atoms with Crippen molar-refractivity contribution in [3.8, 4) is 5.75 Å². The highest BCUT2D eigenvalue weighted by Gasteiger charge is 2.32. The average Bonchev–Trinajstić information content (AvgIpc) is 2.74. The van der Waals surface area contributed by atoms with E-state index < -0.39 is 21.6 Å². The summed E-state index contributed by atoms with van der Waals surface area (Å²) in [6.07, 6.45) is 1.28. The standard InChI is InChI=1S/C20H25FN4O4S/c1-3-30(27,28)25(14-8-10-23-11-9-14)18-7-5-15(20(22)24-18)19(26)16-12-13(21)4-6-17(16)29-2/h4-7,12,14,23H,3,8-11H2,1-2H3,(H2,22,24). The lowest BCUT2D eigenvalue weighted by Crippen LogP contribution is -2.47. The van der Waals surface area contributed by atoms with Gasteiger partial charge in [-0.25, -0.2) is 17.8 Å². The molecule has 0 spiro atoms. The van der Waals surface area contributed by atoms with Crippen LogP contribution in [0.25, 0.3) is 0 Å². The fourth-order valence-electron chi connectivity index (χ4n) is 3.52. The molecule has 0 amide bonds. The number of carbonyl (C=O) groups excluding carboxylic acids is 1. The Morgan fingerprint density at radius 1 is 1.27 bits per heavy atom. The summed E-state index contributed by atoms with van der Waals surface area (Å²) in [4.78, 5) is 17.2. The van der Waals surface area contributed by atoms with Crippen LogP contribution in [0.5, 0.6) is 5.75 Å². The number of nitrogens with zero attached hydrogens (tertiary/aromatic N) is 2. The number of halogens is 1. The molecule has 1 aromatic carbocycles. The molecule has 2 aromatic rings. The molecular weight excluding hydrogens is 411 g/mol. The zero-order valence-electron chi connectivity index (χ0n) is 16.9. The monoisotopic (exact) mass is 436 g/mol. The van der Waals surface area contributed by atoms with Crippen LogP contribution in [-0.4, -0.2) is 51.2 Å². The number of pyridine rings is 1. The van der Waals surface area contributed by atoms with Crippen molar-refractivity contribution in [2.24, 2.45) is 0 Å². The summed E-state index contributed by atoms with van der Waals surface area (Å²) in [5.41, 5.74) is 6.09. The molecule has 0 aliphatic carbocycles. The van der Waals surface area contributed by atoms with E-state index in [-0.39, 0.29) is 40.3 Å². The van der Waals surface area contributed by atoms with Gasteiger partial charge in [-0.15, -0.1) is 0 Å². The summed E-state index contributed by atoms with van der Waals surface area (Å²) in [5.74, 6) is -0.990. The molecule has 3 rings (SSSR count). The first-order valence-electron chi connectivity index (χ1n) is 9.66. The van der Waals surface area contributed by atoms with Crippen LogP contribution in [0.1, 0.15) is 35.7 Å². The lowest BCUT2D eigenvalue weighted by atomic mass is 10.0. The molecule has 1 fully saturated rings. The number of nitrogen functional groups attached to an aromatic ring is 1. The third-order valence-corrected chi connectivity index (χ3v) is 6.91. The van der Waals surface area contributed by atoms with Crippen LogP contribution in [0, 0.1) is 5.82 Å². The third-order valence-electron chi connectivity index (χ3n) is 5.09. The zero-order valence-corrected chi connectivity index (χ0v) is 17.7. The van der Waals surface area contributed by atoms with Crippen molar-refractivity contribution in [3.63, 3.8) is 0 Å². The summed E-state index contributed by atoms with van der Waals surface area (Å²) < 4.78 is 45.7. The van der Waals surface area contributed by atoms with E-state index in [1.54, 1.807) is 6.92 Å². The lowest BCUT2D eigenvalue weighted by molar-refractivity contribution is 0.103. The van der Waals surface area contributed by atoms with E-state index in [4.69, 9.17) is 10.5 Å². The van der Waals surface area contributed by atoms with Gasteiger partial charge < -0.3 is 15.8 Å². The molecule has 1 aliphatic rings. The highest BCUT2D eigenvalue weighted by atomic mass is 32.2. The van der Waals surface area contributed by atoms with Gasteiger partial charge in [-0.05, 0) is 63.2 Å². The highest BCUT2D eigenvalue weighted by molar-refractivity contribution is 7.92. The largest absolute Gasteiger partial charge is 0.496 e. The summed E-state index contributed by atoms with van der Waals surface area (Å²) in [6, 6.07) is 6.25. The van der Waals surface area contributed by atoms with Gasteiger partial charge in [0.25, 0.3) is 0 Å². The number of anilines is 2. The fourth-order valence-corrected chi connectivity index (χ4v) is 4.85. The normalized spacial score (nSPS) is 15.0. The molecule has 0 atom stereocenters. The first kappa shape index (κ1) is 22.0. The number of nitrogens with two attached hydrogens (primary N) is 1. The number of sulfonamides is 1. The van der Waals surface area contributed by atoms with Crippen LogP contribution in [0.2, 0.25) is 0 Å². The molecule has 2 heterocycles.